The Labute approximate surface area is 125 Å². The Hall–Kier alpha value is -2.14. The van der Waals surface area contributed by atoms with Gasteiger partial charge in [0.15, 0.2) is 5.82 Å². The first-order chi connectivity index (χ1) is 10.3. The van der Waals surface area contributed by atoms with E-state index in [2.05, 4.69) is 4.98 Å². The highest BCUT2D eigenvalue weighted by Gasteiger charge is 2.13. The fourth-order valence-electron chi connectivity index (χ4n) is 2.29. The number of hydrogen-bond acceptors (Lipinski definition) is 4. The Balaban J connectivity index is 2.30. The number of benzene rings is 1. The van der Waals surface area contributed by atoms with E-state index in [9.17, 15) is 4.79 Å². The third-order valence-corrected chi connectivity index (χ3v) is 3.27. The molecular formula is C16H22N4O. The van der Waals surface area contributed by atoms with E-state index in [0.29, 0.717) is 32.0 Å². The molecule has 0 aliphatic heterocycles. The van der Waals surface area contributed by atoms with Gasteiger partial charge < -0.3 is 15.2 Å². The molecule has 0 amide bonds. The van der Waals surface area contributed by atoms with Crippen LogP contribution in [0.2, 0.25) is 0 Å². The minimum atomic E-state index is -0.0521. The zero-order valence-corrected chi connectivity index (χ0v) is 12.4. The summed E-state index contributed by atoms with van der Waals surface area (Å²) in [6.07, 6.45) is 4.33. The fourth-order valence-corrected chi connectivity index (χ4v) is 2.29. The highest BCUT2D eigenvalue weighted by molar-refractivity contribution is 5.37. The zero-order chi connectivity index (χ0) is 15.1. The fraction of sp³-hybridized carbons (Fsp3) is 0.375. The van der Waals surface area contributed by atoms with Gasteiger partial charge in [-0.25, -0.2) is 4.98 Å². The van der Waals surface area contributed by atoms with Crippen LogP contribution in [0.4, 0.5) is 5.82 Å². The van der Waals surface area contributed by atoms with Crippen LogP contribution in [0.15, 0.2) is 47.5 Å². The zero-order valence-electron chi connectivity index (χ0n) is 12.4. The van der Waals surface area contributed by atoms with Gasteiger partial charge in [-0.05, 0) is 12.0 Å². The molecule has 0 fully saturated rings. The van der Waals surface area contributed by atoms with E-state index in [-0.39, 0.29) is 5.56 Å². The molecule has 0 saturated carbocycles. The van der Waals surface area contributed by atoms with Crippen LogP contribution in [0, 0.1) is 0 Å². The van der Waals surface area contributed by atoms with Gasteiger partial charge in [0, 0.05) is 38.6 Å². The van der Waals surface area contributed by atoms with Crippen molar-refractivity contribution in [2.45, 2.75) is 26.4 Å². The molecule has 1 aromatic carbocycles. The molecule has 1 heterocycles. The maximum atomic E-state index is 12.5. The Morgan fingerprint density at radius 3 is 2.71 bits per heavy atom. The van der Waals surface area contributed by atoms with Crippen LogP contribution in [0.5, 0.6) is 0 Å². The van der Waals surface area contributed by atoms with Gasteiger partial charge in [-0.15, -0.1) is 0 Å². The summed E-state index contributed by atoms with van der Waals surface area (Å²) < 4.78 is 1.71. The normalized spacial score (nSPS) is 10.6. The third-order valence-electron chi connectivity index (χ3n) is 3.27. The summed E-state index contributed by atoms with van der Waals surface area (Å²) in [5.41, 5.74) is 6.77. The maximum Gasteiger partial charge on any atom is 0.293 e. The predicted molar refractivity (Wildman–Crippen MR) is 85.3 cm³/mol. The second-order valence-corrected chi connectivity index (χ2v) is 4.95. The monoisotopic (exact) mass is 286 g/mol. The first-order valence-electron chi connectivity index (χ1n) is 7.30. The average Bonchev–Trinajstić information content (AvgIpc) is 2.50. The van der Waals surface area contributed by atoms with Gasteiger partial charge in [-0.1, -0.05) is 37.3 Å². The van der Waals surface area contributed by atoms with E-state index in [4.69, 9.17) is 5.73 Å². The lowest BCUT2D eigenvalue weighted by molar-refractivity contribution is 0.639. The van der Waals surface area contributed by atoms with Crippen molar-refractivity contribution in [2.24, 2.45) is 5.73 Å². The molecule has 0 bridgehead atoms. The summed E-state index contributed by atoms with van der Waals surface area (Å²) >= 11 is 0. The van der Waals surface area contributed by atoms with Crippen molar-refractivity contribution < 1.29 is 0 Å². The summed E-state index contributed by atoms with van der Waals surface area (Å²) in [7, 11) is 0. The Kier molecular flexibility index (Phi) is 5.51. The van der Waals surface area contributed by atoms with Crippen molar-refractivity contribution in [3.63, 3.8) is 0 Å². The van der Waals surface area contributed by atoms with Crippen LogP contribution in [0.25, 0.3) is 0 Å². The number of aryl methyl sites for hydroxylation is 1. The number of hydrogen-bond donors (Lipinski definition) is 1. The van der Waals surface area contributed by atoms with Crippen molar-refractivity contribution in [1.82, 2.24) is 9.55 Å². The first-order valence-corrected chi connectivity index (χ1v) is 7.30. The Morgan fingerprint density at radius 2 is 2.05 bits per heavy atom. The third kappa shape index (κ3) is 3.92. The molecule has 5 nitrogen and oxygen atoms in total. The van der Waals surface area contributed by atoms with Gasteiger partial charge in [0.05, 0.1) is 0 Å². The Bertz CT molecular complexity index is 609. The van der Waals surface area contributed by atoms with Crippen LogP contribution in [-0.2, 0) is 13.1 Å². The molecule has 0 unspecified atom stereocenters. The van der Waals surface area contributed by atoms with Gasteiger partial charge in [0.2, 0.25) is 0 Å². The van der Waals surface area contributed by atoms with E-state index in [1.54, 1.807) is 17.0 Å². The molecule has 0 saturated heterocycles. The van der Waals surface area contributed by atoms with E-state index in [0.717, 1.165) is 12.0 Å². The smallest absolute Gasteiger partial charge is 0.293 e. The molecular weight excluding hydrogens is 264 g/mol. The molecule has 5 heteroatoms. The minimum Gasteiger partial charge on any atom is -0.346 e. The summed E-state index contributed by atoms with van der Waals surface area (Å²) in [6.45, 7) is 4.48. The van der Waals surface area contributed by atoms with Crippen molar-refractivity contribution in [1.29, 1.82) is 0 Å². The number of anilines is 1. The van der Waals surface area contributed by atoms with Crippen LogP contribution in [0.3, 0.4) is 0 Å². The molecule has 1 aromatic heterocycles. The van der Waals surface area contributed by atoms with E-state index in [1.807, 2.05) is 42.2 Å². The van der Waals surface area contributed by atoms with Gasteiger partial charge >= 0.3 is 0 Å². The SMILES string of the molecule is CCCn1ccnc(N(CCN)Cc2ccccc2)c1=O. The van der Waals surface area contributed by atoms with Crippen molar-refractivity contribution in [2.75, 3.05) is 18.0 Å². The number of nitrogens with zero attached hydrogens (tertiary/aromatic N) is 3. The molecule has 0 atom stereocenters. The Morgan fingerprint density at radius 1 is 1.29 bits per heavy atom. The van der Waals surface area contributed by atoms with Gasteiger partial charge in [0.25, 0.3) is 5.56 Å². The van der Waals surface area contributed by atoms with E-state index < -0.39 is 0 Å². The quantitative estimate of drug-likeness (QED) is 0.840. The average molecular weight is 286 g/mol. The second kappa shape index (κ2) is 7.59. The maximum absolute atomic E-state index is 12.5. The first kappa shape index (κ1) is 15.3. The molecule has 2 N–H and O–H groups in total. The van der Waals surface area contributed by atoms with Gasteiger partial charge in [-0.3, -0.25) is 4.79 Å². The lowest BCUT2D eigenvalue weighted by Crippen LogP contribution is -2.36. The molecule has 0 radical (unpaired) electrons. The van der Waals surface area contributed by atoms with Crippen LogP contribution < -0.4 is 16.2 Å². The molecule has 0 aliphatic rings. The van der Waals surface area contributed by atoms with E-state index in [1.165, 1.54) is 0 Å². The highest BCUT2D eigenvalue weighted by atomic mass is 16.1. The minimum absolute atomic E-state index is 0.0521. The van der Waals surface area contributed by atoms with E-state index >= 15 is 0 Å². The van der Waals surface area contributed by atoms with Crippen molar-refractivity contribution in [3.8, 4) is 0 Å². The molecule has 21 heavy (non-hydrogen) atoms. The van der Waals surface area contributed by atoms with Crippen LogP contribution in [0.1, 0.15) is 18.9 Å². The molecule has 2 aromatic rings. The topological polar surface area (TPSA) is 64.2 Å². The van der Waals surface area contributed by atoms with Crippen LogP contribution in [-0.4, -0.2) is 22.6 Å². The molecule has 0 spiro atoms. The largest absolute Gasteiger partial charge is 0.346 e. The molecule has 2 rings (SSSR count). The number of rotatable bonds is 7. The van der Waals surface area contributed by atoms with Gasteiger partial charge in [0.1, 0.15) is 0 Å². The standard InChI is InChI=1S/C16H22N4O/c1-2-10-19-12-9-18-15(16(19)21)20(11-8-17)13-14-6-4-3-5-7-14/h3-7,9,12H,2,8,10-11,13,17H2,1H3. The van der Waals surface area contributed by atoms with Crippen molar-refractivity contribution >= 4 is 5.82 Å². The summed E-state index contributed by atoms with van der Waals surface area (Å²) in [5.74, 6) is 0.472. The predicted octanol–water partition coefficient (Wildman–Crippen LogP) is 1.62. The van der Waals surface area contributed by atoms with Crippen LogP contribution >= 0.6 is 0 Å². The lowest BCUT2D eigenvalue weighted by atomic mass is 10.2. The highest BCUT2D eigenvalue weighted by Crippen LogP contribution is 2.10. The molecule has 0 aliphatic carbocycles. The second-order valence-electron chi connectivity index (χ2n) is 4.95. The molecule has 112 valence electrons. The van der Waals surface area contributed by atoms with Crippen molar-refractivity contribution in [3.05, 3.63) is 58.6 Å². The number of aromatic nitrogens is 2. The summed E-state index contributed by atoms with van der Waals surface area (Å²) in [4.78, 5) is 18.7. The lowest BCUT2D eigenvalue weighted by Gasteiger charge is -2.23. The number of nitrogens with two attached hydrogens (primary N) is 1. The van der Waals surface area contributed by atoms with Gasteiger partial charge in [-0.2, -0.15) is 0 Å². The summed E-state index contributed by atoms with van der Waals surface area (Å²) in [6, 6.07) is 10.0. The summed E-state index contributed by atoms with van der Waals surface area (Å²) in [5, 5.41) is 0.